The Morgan fingerprint density at radius 3 is 1.57 bits per heavy atom. The molecule has 9 atom stereocenters. The van der Waals surface area contributed by atoms with Crippen LogP contribution in [0.15, 0.2) is 91.0 Å². The fraction of sp³-hybridized carbons (Fsp3) is 0.484. The van der Waals surface area contributed by atoms with Crippen molar-refractivity contribution in [2.45, 2.75) is 168 Å². The van der Waals surface area contributed by atoms with Crippen molar-refractivity contribution in [2.75, 3.05) is 20.6 Å². The van der Waals surface area contributed by atoms with Gasteiger partial charge in [0.15, 0.2) is 0 Å². The third kappa shape index (κ3) is 13.6. The molecule has 0 spiro atoms. The van der Waals surface area contributed by atoms with Crippen LogP contribution in [0.1, 0.15) is 154 Å². The number of amides is 7. The fourth-order valence-corrected chi connectivity index (χ4v) is 11.4. The highest BCUT2D eigenvalue weighted by molar-refractivity contribution is 5.97. The zero-order valence-electron chi connectivity index (χ0n) is 48.2. The van der Waals surface area contributed by atoms with Gasteiger partial charge in [0.05, 0.1) is 24.2 Å². The Hall–Kier alpha value is -7.35. The zero-order chi connectivity index (χ0) is 57.6. The highest BCUT2D eigenvalue weighted by Crippen LogP contribution is 2.34. The maximum Gasteiger partial charge on any atom is 0.251 e. The van der Waals surface area contributed by atoms with Gasteiger partial charge in [-0.25, -0.2) is 0 Å². The average Bonchev–Trinajstić information content (AvgIpc) is 3.88. The number of likely N-dealkylation sites (N-methyl/N-ethyl adjacent to an activating group) is 2. The summed E-state index contributed by atoms with van der Waals surface area (Å²) in [4.78, 5) is 102. The Kier molecular flexibility index (Phi) is 18.4. The minimum absolute atomic E-state index is 0.0667. The van der Waals surface area contributed by atoms with E-state index >= 15 is 0 Å². The minimum Gasteiger partial charge on any atom is -0.347 e. The Labute approximate surface area is 472 Å². The highest BCUT2D eigenvalue weighted by Gasteiger charge is 2.47. The molecule has 0 radical (unpaired) electrons. The van der Waals surface area contributed by atoms with E-state index in [1.54, 1.807) is 57.1 Å². The standard InChI is InChI=1S/C64H81N9O7/c1-38(65-9)56(74)70-54(63(3,4)5)61(79)72-36-46-33-41(29-32-45(46)34-52(72)59(77)68-50-23-15-19-42-17-11-13-21-48(42)50)26-25-40-27-30-44(31-28-40)58(76)67-47-35-53(60(78)69-51-24-16-20-43-18-12-14-22-49(43)51)73(37-47)62(80)55(64(6,7)8)71-57(75)39(2)66-10/h11-14,17-18,21-22,27-33,38-39,47,50-55,65-66H,15-16,19-20,23-24,34-37H2,1-10H3,(H,67,76)(H,68,77)(H,69,78)(H,70,74)(H,71,75)/t38?,39?,47-,50+,51+,52?,53-,54?,55?/m0/s1. The van der Waals surface area contributed by atoms with E-state index in [0.717, 1.165) is 60.8 Å². The smallest absolute Gasteiger partial charge is 0.251 e. The predicted molar refractivity (Wildman–Crippen MR) is 309 cm³/mol. The van der Waals surface area contributed by atoms with Crippen molar-refractivity contribution in [2.24, 2.45) is 10.8 Å². The lowest BCUT2D eigenvalue weighted by Gasteiger charge is -2.41. The van der Waals surface area contributed by atoms with Crippen molar-refractivity contribution in [3.63, 3.8) is 0 Å². The molecule has 2 aliphatic heterocycles. The van der Waals surface area contributed by atoms with Crippen LogP contribution >= 0.6 is 0 Å². The van der Waals surface area contributed by atoms with E-state index in [2.05, 4.69) is 67.3 Å². The molecule has 0 saturated carbocycles. The molecule has 4 aromatic rings. The van der Waals surface area contributed by atoms with Gasteiger partial charge in [-0.2, -0.15) is 0 Å². The Bertz CT molecular complexity index is 3040. The molecule has 4 aromatic carbocycles. The molecule has 2 aliphatic carbocycles. The topological polar surface area (TPSA) is 210 Å². The van der Waals surface area contributed by atoms with E-state index in [1.165, 1.54) is 16.0 Å². The number of hydrogen-bond donors (Lipinski definition) is 7. The van der Waals surface area contributed by atoms with Crippen LogP contribution < -0.4 is 37.2 Å². The van der Waals surface area contributed by atoms with Gasteiger partial charge >= 0.3 is 0 Å². The number of nitrogens with one attached hydrogen (secondary N) is 7. The fourth-order valence-electron chi connectivity index (χ4n) is 11.4. The maximum atomic E-state index is 14.9. The first-order valence-corrected chi connectivity index (χ1v) is 28.4. The van der Waals surface area contributed by atoms with Gasteiger partial charge in [-0.3, -0.25) is 33.6 Å². The molecule has 7 amide bonds. The van der Waals surface area contributed by atoms with Gasteiger partial charge in [-0.1, -0.05) is 108 Å². The summed E-state index contributed by atoms with van der Waals surface area (Å²) >= 11 is 0. The molecule has 0 bridgehead atoms. The Morgan fingerprint density at radius 1 is 0.562 bits per heavy atom. The van der Waals surface area contributed by atoms with Crippen molar-refractivity contribution in [1.29, 1.82) is 0 Å². The van der Waals surface area contributed by atoms with Crippen LogP contribution in [-0.4, -0.2) is 114 Å². The monoisotopic (exact) mass is 1090 g/mol. The minimum atomic E-state index is -0.949. The Morgan fingerprint density at radius 2 is 1.05 bits per heavy atom. The van der Waals surface area contributed by atoms with Crippen LogP contribution in [0.2, 0.25) is 0 Å². The number of aryl methyl sites for hydroxylation is 2. The molecule has 4 aliphatic rings. The van der Waals surface area contributed by atoms with E-state index in [0.29, 0.717) is 16.7 Å². The first-order valence-electron chi connectivity index (χ1n) is 28.4. The maximum absolute atomic E-state index is 14.9. The number of nitrogens with zero attached hydrogens (tertiary/aromatic N) is 2. The number of rotatable bonds is 14. The lowest BCUT2D eigenvalue weighted by Crippen LogP contribution is -2.62. The molecular formula is C64H81N9O7. The molecule has 16 heteroatoms. The summed E-state index contributed by atoms with van der Waals surface area (Å²) in [7, 11) is 3.36. The van der Waals surface area contributed by atoms with Gasteiger partial charge in [0.2, 0.25) is 35.4 Å². The second-order valence-corrected chi connectivity index (χ2v) is 24.3. The summed E-state index contributed by atoms with van der Waals surface area (Å²) < 4.78 is 0. The van der Waals surface area contributed by atoms with E-state index in [9.17, 15) is 33.6 Å². The number of carbonyl (C=O) groups is 7. The Balaban J connectivity index is 0.986. The summed E-state index contributed by atoms with van der Waals surface area (Å²) in [5.41, 5.74) is 6.67. The summed E-state index contributed by atoms with van der Waals surface area (Å²) in [6.07, 6.45) is 5.74. The third-order valence-electron chi connectivity index (χ3n) is 16.5. The van der Waals surface area contributed by atoms with Crippen LogP contribution in [0.4, 0.5) is 0 Å². The van der Waals surface area contributed by atoms with E-state index < -0.39 is 59.0 Å². The van der Waals surface area contributed by atoms with E-state index in [-0.39, 0.29) is 73.5 Å². The quantitative estimate of drug-likeness (QED) is 0.0772. The van der Waals surface area contributed by atoms with Crippen LogP contribution in [0.3, 0.4) is 0 Å². The summed E-state index contributed by atoms with van der Waals surface area (Å²) in [6, 6.07) is 23.3. The van der Waals surface area contributed by atoms with Gasteiger partial charge in [-0.05, 0) is 153 Å². The van der Waals surface area contributed by atoms with Crippen LogP contribution in [0.25, 0.3) is 0 Å². The molecule has 8 rings (SSSR count). The van der Waals surface area contributed by atoms with Gasteiger partial charge < -0.3 is 47.0 Å². The molecule has 7 N–H and O–H groups in total. The second kappa shape index (κ2) is 25.0. The van der Waals surface area contributed by atoms with E-state index in [4.69, 9.17) is 0 Å². The highest BCUT2D eigenvalue weighted by atomic mass is 16.2. The predicted octanol–water partition coefficient (Wildman–Crippen LogP) is 5.70. The summed E-state index contributed by atoms with van der Waals surface area (Å²) in [5, 5.41) is 21.5. The van der Waals surface area contributed by atoms with Gasteiger partial charge in [0.1, 0.15) is 24.2 Å². The molecule has 2 heterocycles. The van der Waals surface area contributed by atoms with Gasteiger partial charge in [0.25, 0.3) is 5.91 Å². The summed E-state index contributed by atoms with van der Waals surface area (Å²) in [6.45, 7) is 15.0. The molecule has 16 nitrogen and oxygen atoms in total. The second-order valence-electron chi connectivity index (χ2n) is 24.3. The van der Waals surface area contributed by atoms with E-state index in [1.807, 2.05) is 90.1 Å². The number of fused-ring (bicyclic) bond motifs is 3. The van der Waals surface area contributed by atoms with Crippen molar-refractivity contribution in [3.05, 3.63) is 141 Å². The van der Waals surface area contributed by atoms with Crippen LogP contribution in [0.5, 0.6) is 0 Å². The largest absolute Gasteiger partial charge is 0.347 e. The van der Waals surface area contributed by atoms with Crippen molar-refractivity contribution < 1.29 is 33.6 Å². The van der Waals surface area contributed by atoms with Gasteiger partial charge in [0, 0.05) is 42.2 Å². The molecule has 1 saturated heterocycles. The summed E-state index contributed by atoms with van der Waals surface area (Å²) in [5.74, 6) is 4.15. The van der Waals surface area contributed by atoms with Gasteiger partial charge in [-0.15, -0.1) is 0 Å². The lowest BCUT2D eigenvalue weighted by molar-refractivity contribution is -0.147. The number of likely N-dealkylation sites (tertiary alicyclic amines) is 1. The first-order chi connectivity index (χ1) is 38.0. The molecule has 424 valence electrons. The van der Waals surface area contributed by atoms with Crippen LogP contribution in [0, 0.1) is 22.7 Å². The normalized spacial score (nSPS) is 21.1. The molecular weight excluding hydrogens is 1010 g/mol. The zero-order valence-corrected chi connectivity index (χ0v) is 48.2. The first kappa shape index (κ1) is 58.8. The van der Waals surface area contributed by atoms with Crippen molar-refractivity contribution in [1.82, 2.24) is 47.0 Å². The van der Waals surface area contributed by atoms with Crippen LogP contribution in [-0.2, 0) is 54.6 Å². The lowest BCUT2D eigenvalue weighted by atomic mass is 9.83. The number of hydrogen-bond acceptors (Lipinski definition) is 9. The van der Waals surface area contributed by atoms with Crippen molar-refractivity contribution >= 4 is 41.4 Å². The molecule has 80 heavy (non-hydrogen) atoms. The SMILES string of the molecule is CNC(C)C(=O)NC(C(=O)N1Cc2cc(C#Cc3ccc(C(=O)N[C@H]4C[C@@H](C(=O)N[C@@H]5CCCc6ccccc65)N(C(=O)C(NC(=O)C(C)NC)C(C)(C)C)C4)cc3)ccc2CC1C(=O)N[C@@H]1CCCc2ccccc21)C(C)(C)C. The molecule has 5 unspecified atom stereocenters. The number of benzene rings is 4. The van der Waals surface area contributed by atoms with Crippen molar-refractivity contribution in [3.8, 4) is 11.8 Å². The third-order valence-corrected chi connectivity index (χ3v) is 16.5. The molecule has 1 fully saturated rings. The molecule has 0 aromatic heterocycles. The average molecular weight is 1090 g/mol. The number of carbonyl (C=O) groups excluding carboxylic acids is 7.